The molecule has 1 N–H and O–H groups in total. The Bertz CT molecular complexity index is 95.1. The molecule has 0 aliphatic heterocycles. The average molecular weight is 193 g/mol. The van der Waals surface area contributed by atoms with Crippen molar-refractivity contribution in [2.75, 3.05) is 0 Å². The lowest BCUT2D eigenvalue weighted by Gasteiger charge is -2.01. The highest BCUT2D eigenvalue weighted by atomic mass is 79.9. The van der Waals surface area contributed by atoms with Crippen LogP contribution in [-0.2, 0) is 0 Å². The smallest absolute Gasteiger partial charge is 0.0572 e. The van der Waals surface area contributed by atoms with E-state index in [0.29, 0.717) is 0 Å². The molecule has 0 bridgehead atoms. The van der Waals surface area contributed by atoms with Gasteiger partial charge in [-0.15, -0.1) is 0 Å². The van der Waals surface area contributed by atoms with Gasteiger partial charge in [-0.05, 0) is 24.2 Å². The Morgan fingerprint density at radius 3 is 2.67 bits per heavy atom. The van der Waals surface area contributed by atoms with Crippen LogP contribution in [0.5, 0.6) is 0 Å². The topological polar surface area (TPSA) is 20.2 Å². The highest BCUT2D eigenvalue weighted by Gasteiger charge is 1.95. The SMILES string of the molecule is CC[C@H](O)C/C=C(/C)Br. The number of hydrogen-bond donors (Lipinski definition) is 1. The molecule has 0 aliphatic carbocycles. The maximum absolute atomic E-state index is 9.04. The van der Waals surface area contributed by atoms with E-state index in [0.717, 1.165) is 17.3 Å². The maximum atomic E-state index is 9.04. The Kier molecular flexibility index (Phi) is 5.10. The molecule has 0 heterocycles. The van der Waals surface area contributed by atoms with E-state index in [1.807, 2.05) is 19.9 Å². The van der Waals surface area contributed by atoms with Crippen molar-refractivity contribution in [2.24, 2.45) is 0 Å². The van der Waals surface area contributed by atoms with Crippen molar-refractivity contribution < 1.29 is 5.11 Å². The van der Waals surface area contributed by atoms with Crippen LogP contribution < -0.4 is 0 Å². The molecule has 0 radical (unpaired) electrons. The molecule has 0 unspecified atom stereocenters. The first-order chi connectivity index (χ1) is 4.16. The fourth-order valence-electron chi connectivity index (χ4n) is 0.465. The Labute approximate surface area is 64.9 Å². The molecule has 9 heavy (non-hydrogen) atoms. The van der Waals surface area contributed by atoms with Crippen molar-refractivity contribution in [1.29, 1.82) is 0 Å². The molecule has 1 nitrogen and oxygen atoms in total. The van der Waals surface area contributed by atoms with E-state index in [-0.39, 0.29) is 6.10 Å². The zero-order valence-electron chi connectivity index (χ0n) is 5.89. The van der Waals surface area contributed by atoms with Crippen LogP contribution in [0.1, 0.15) is 26.7 Å². The number of aliphatic hydroxyl groups excluding tert-OH is 1. The van der Waals surface area contributed by atoms with Crippen LogP contribution in [0.3, 0.4) is 0 Å². The molecule has 0 aromatic heterocycles. The highest BCUT2D eigenvalue weighted by Crippen LogP contribution is 2.06. The second kappa shape index (κ2) is 5.00. The third-order valence-electron chi connectivity index (χ3n) is 1.14. The monoisotopic (exact) mass is 192 g/mol. The van der Waals surface area contributed by atoms with Gasteiger partial charge in [0.2, 0.25) is 0 Å². The normalized spacial score (nSPS) is 15.8. The minimum Gasteiger partial charge on any atom is -0.393 e. The number of rotatable bonds is 3. The van der Waals surface area contributed by atoms with Gasteiger partial charge in [-0.25, -0.2) is 0 Å². The molecule has 0 rings (SSSR count). The summed E-state index contributed by atoms with van der Waals surface area (Å²) in [6, 6.07) is 0. The van der Waals surface area contributed by atoms with Crippen LogP contribution in [0, 0.1) is 0 Å². The van der Waals surface area contributed by atoms with Crippen molar-refractivity contribution in [3.8, 4) is 0 Å². The summed E-state index contributed by atoms with van der Waals surface area (Å²) in [6.45, 7) is 3.93. The van der Waals surface area contributed by atoms with Gasteiger partial charge in [0, 0.05) is 0 Å². The Morgan fingerprint density at radius 1 is 1.78 bits per heavy atom. The quantitative estimate of drug-likeness (QED) is 0.729. The first kappa shape index (κ1) is 9.18. The van der Waals surface area contributed by atoms with Crippen LogP contribution in [0.15, 0.2) is 10.6 Å². The van der Waals surface area contributed by atoms with E-state index in [1.54, 1.807) is 0 Å². The zero-order chi connectivity index (χ0) is 7.28. The van der Waals surface area contributed by atoms with Gasteiger partial charge in [0.25, 0.3) is 0 Å². The van der Waals surface area contributed by atoms with Gasteiger partial charge in [0.15, 0.2) is 0 Å². The summed E-state index contributed by atoms with van der Waals surface area (Å²) in [6.07, 6.45) is 3.40. The molecular weight excluding hydrogens is 180 g/mol. The lowest BCUT2D eigenvalue weighted by molar-refractivity contribution is 0.173. The maximum Gasteiger partial charge on any atom is 0.0572 e. The van der Waals surface area contributed by atoms with E-state index in [9.17, 15) is 0 Å². The van der Waals surface area contributed by atoms with Crippen molar-refractivity contribution in [3.63, 3.8) is 0 Å². The van der Waals surface area contributed by atoms with E-state index < -0.39 is 0 Å². The van der Waals surface area contributed by atoms with Crippen molar-refractivity contribution in [3.05, 3.63) is 10.6 Å². The van der Waals surface area contributed by atoms with Crippen LogP contribution >= 0.6 is 15.9 Å². The molecule has 0 spiro atoms. The van der Waals surface area contributed by atoms with Crippen molar-refractivity contribution in [1.82, 2.24) is 0 Å². The second-order valence-corrected chi connectivity index (χ2v) is 3.34. The number of hydrogen-bond acceptors (Lipinski definition) is 1. The van der Waals surface area contributed by atoms with E-state index in [2.05, 4.69) is 15.9 Å². The Hall–Kier alpha value is 0.180. The molecule has 0 aliphatic rings. The summed E-state index contributed by atoms with van der Waals surface area (Å²) >= 11 is 3.28. The molecule has 0 saturated carbocycles. The predicted octanol–water partition coefficient (Wildman–Crippen LogP) is 2.45. The van der Waals surface area contributed by atoms with E-state index in [1.165, 1.54) is 0 Å². The third-order valence-corrected chi connectivity index (χ3v) is 1.47. The number of halogens is 1. The van der Waals surface area contributed by atoms with Crippen LogP contribution in [0.2, 0.25) is 0 Å². The predicted molar refractivity (Wildman–Crippen MR) is 43.6 cm³/mol. The summed E-state index contributed by atoms with van der Waals surface area (Å²) in [7, 11) is 0. The lowest BCUT2D eigenvalue weighted by Crippen LogP contribution is -2.01. The standard InChI is InChI=1S/C7H13BrO/c1-3-7(9)5-4-6(2)8/h4,7,9H,3,5H2,1-2H3/b6-4-/t7-/m0/s1. The molecule has 2 heteroatoms. The van der Waals surface area contributed by atoms with Crippen molar-refractivity contribution >= 4 is 15.9 Å². The molecular formula is C7H13BrO. The van der Waals surface area contributed by atoms with Crippen LogP contribution in [-0.4, -0.2) is 11.2 Å². The Balaban J connectivity index is 3.37. The zero-order valence-corrected chi connectivity index (χ0v) is 7.48. The van der Waals surface area contributed by atoms with Gasteiger partial charge in [0.05, 0.1) is 6.10 Å². The summed E-state index contributed by atoms with van der Waals surface area (Å²) < 4.78 is 1.09. The second-order valence-electron chi connectivity index (χ2n) is 2.09. The van der Waals surface area contributed by atoms with Crippen LogP contribution in [0.4, 0.5) is 0 Å². The third kappa shape index (κ3) is 6.06. The molecule has 0 aromatic carbocycles. The molecule has 0 amide bonds. The van der Waals surface area contributed by atoms with Crippen molar-refractivity contribution in [2.45, 2.75) is 32.8 Å². The van der Waals surface area contributed by atoms with Gasteiger partial charge in [-0.1, -0.05) is 28.9 Å². The van der Waals surface area contributed by atoms with E-state index in [4.69, 9.17) is 5.11 Å². The minimum absolute atomic E-state index is 0.169. The highest BCUT2D eigenvalue weighted by molar-refractivity contribution is 9.11. The molecule has 0 aromatic rings. The largest absolute Gasteiger partial charge is 0.393 e. The summed E-state index contributed by atoms with van der Waals surface area (Å²) in [5.41, 5.74) is 0. The average Bonchev–Trinajstić information content (AvgIpc) is 1.83. The van der Waals surface area contributed by atoms with E-state index >= 15 is 0 Å². The number of allylic oxidation sites excluding steroid dienone is 1. The number of aliphatic hydroxyl groups is 1. The van der Waals surface area contributed by atoms with Gasteiger partial charge >= 0.3 is 0 Å². The molecule has 0 saturated heterocycles. The fourth-order valence-corrected chi connectivity index (χ4v) is 0.652. The summed E-state index contributed by atoms with van der Waals surface area (Å²) in [5, 5.41) is 9.04. The fraction of sp³-hybridized carbons (Fsp3) is 0.714. The summed E-state index contributed by atoms with van der Waals surface area (Å²) in [4.78, 5) is 0. The molecule has 1 atom stereocenters. The van der Waals surface area contributed by atoms with Crippen LogP contribution in [0.25, 0.3) is 0 Å². The molecule has 54 valence electrons. The molecule has 0 fully saturated rings. The lowest BCUT2D eigenvalue weighted by atomic mass is 10.2. The van der Waals surface area contributed by atoms with Gasteiger partial charge in [-0.2, -0.15) is 0 Å². The minimum atomic E-state index is -0.169. The first-order valence-electron chi connectivity index (χ1n) is 3.17. The van der Waals surface area contributed by atoms with Gasteiger partial charge < -0.3 is 5.11 Å². The Morgan fingerprint density at radius 2 is 2.33 bits per heavy atom. The summed E-state index contributed by atoms with van der Waals surface area (Å²) in [5.74, 6) is 0. The first-order valence-corrected chi connectivity index (χ1v) is 3.96. The van der Waals surface area contributed by atoms with Gasteiger partial charge in [-0.3, -0.25) is 0 Å². The van der Waals surface area contributed by atoms with Gasteiger partial charge in [0.1, 0.15) is 0 Å².